The lowest BCUT2D eigenvalue weighted by atomic mass is 9.94. The van der Waals surface area contributed by atoms with Crippen molar-refractivity contribution in [1.29, 1.82) is 0 Å². The van der Waals surface area contributed by atoms with E-state index in [1.165, 1.54) is 30.1 Å². The van der Waals surface area contributed by atoms with Crippen molar-refractivity contribution in [3.8, 4) is 11.5 Å². The lowest BCUT2D eigenvalue weighted by Crippen LogP contribution is -2.40. The van der Waals surface area contributed by atoms with E-state index in [0.717, 1.165) is 5.56 Å². The Morgan fingerprint density at radius 2 is 1.71 bits per heavy atom. The highest BCUT2D eigenvalue weighted by Gasteiger charge is 2.34. The first kappa shape index (κ1) is 27.6. The number of ether oxygens (including phenoxy) is 3. The number of anilines is 1. The van der Waals surface area contributed by atoms with Crippen LogP contribution in [0.1, 0.15) is 34.5 Å². The molecule has 1 amide bonds. The fourth-order valence-corrected chi connectivity index (χ4v) is 5.70. The summed E-state index contributed by atoms with van der Waals surface area (Å²) >= 11 is 1.22. The first-order valence-corrected chi connectivity index (χ1v) is 13.5. The van der Waals surface area contributed by atoms with Crippen LogP contribution in [0.25, 0.3) is 6.08 Å². The molecule has 9 nitrogen and oxygen atoms in total. The maximum Gasteiger partial charge on any atom is 0.337 e. The monoisotopic (exact) mass is 569 g/mol. The first-order chi connectivity index (χ1) is 19.8. The van der Waals surface area contributed by atoms with Gasteiger partial charge in [-0.3, -0.25) is 14.2 Å². The minimum atomic E-state index is -0.820. The molecule has 0 aliphatic carbocycles. The topological polar surface area (TPSA) is 108 Å². The van der Waals surface area contributed by atoms with Gasteiger partial charge in [-0.2, -0.15) is 0 Å². The number of rotatable bonds is 7. The molecule has 10 heteroatoms. The summed E-state index contributed by atoms with van der Waals surface area (Å²) in [6.07, 6.45) is 1.73. The predicted octanol–water partition coefficient (Wildman–Crippen LogP) is 3.68. The number of methoxy groups -OCH3 is 3. The number of aromatic nitrogens is 1. The molecule has 0 unspecified atom stereocenters. The summed E-state index contributed by atoms with van der Waals surface area (Å²) in [5, 5.41) is 2.94. The molecule has 1 aliphatic rings. The minimum Gasteiger partial charge on any atom is -0.497 e. The molecule has 1 aliphatic heterocycles. The number of fused-ring (bicyclic) bond motifs is 1. The standard InChI is InChI=1S/C31H27N3O6S/c1-18-26(28(35)33-21-8-6-5-7-9-21)27(23-15-14-22(38-2)17-24(23)39-3)34-29(36)25(41-31(34)32-18)16-19-10-12-20(13-11-19)30(37)40-4/h5-17,27H,1-4H3,(H,33,35)/b25-16-/t27-/m1/s1. The lowest BCUT2D eigenvalue weighted by Gasteiger charge is -2.26. The number of nitrogens with zero attached hydrogens (tertiary/aromatic N) is 2. The van der Waals surface area contributed by atoms with E-state index < -0.39 is 12.0 Å². The molecule has 5 rings (SSSR count). The van der Waals surface area contributed by atoms with E-state index in [1.54, 1.807) is 74.7 Å². The number of para-hydroxylation sites is 1. The maximum absolute atomic E-state index is 14.0. The Hall–Kier alpha value is -4.96. The zero-order valence-corrected chi connectivity index (χ0v) is 23.7. The molecule has 0 radical (unpaired) electrons. The summed E-state index contributed by atoms with van der Waals surface area (Å²) in [4.78, 5) is 44.7. The zero-order chi connectivity index (χ0) is 29.1. The highest BCUT2D eigenvalue weighted by atomic mass is 32.1. The Bertz CT molecular complexity index is 1840. The van der Waals surface area contributed by atoms with Gasteiger partial charge in [0.05, 0.1) is 42.7 Å². The van der Waals surface area contributed by atoms with Crippen molar-refractivity contribution in [2.24, 2.45) is 4.99 Å². The molecule has 1 atom stereocenters. The van der Waals surface area contributed by atoms with Crippen molar-refractivity contribution in [3.05, 3.63) is 120 Å². The Morgan fingerprint density at radius 1 is 0.976 bits per heavy atom. The molecule has 208 valence electrons. The van der Waals surface area contributed by atoms with Crippen LogP contribution in [0.4, 0.5) is 5.69 Å². The van der Waals surface area contributed by atoms with E-state index in [2.05, 4.69) is 10.3 Å². The van der Waals surface area contributed by atoms with Crippen LogP contribution in [-0.2, 0) is 9.53 Å². The van der Waals surface area contributed by atoms with E-state index in [9.17, 15) is 14.4 Å². The SMILES string of the molecule is COC(=O)c1ccc(/C=c2\sc3n(c2=O)[C@H](c2ccc(OC)cc2OC)C(C(=O)Nc2ccccc2)=C(C)N=3)cc1. The number of allylic oxidation sites excluding steroid dienone is 1. The van der Waals surface area contributed by atoms with E-state index >= 15 is 0 Å². The Balaban J connectivity index is 1.67. The number of hydrogen-bond donors (Lipinski definition) is 1. The summed E-state index contributed by atoms with van der Waals surface area (Å²) in [7, 11) is 4.40. The second-order valence-corrected chi connectivity index (χ2v) is 10.1. The quantitative estimate of drug-likeness (QED) is 0.340. The summed E-state index contributed by atoms with van der Waals surface area (Å²) in [5.41, 5.74) is 2.84. The number of benzene rings is 3. The number of amides is 1. The molecule has 4 aromatic rings. The zero-order valence-electron chi connectivity index (χ0n) is 22.8. The summed E-state index contributed by atoms with van der Waals surface area (Å²) < 4.78 is 17.8. The van der Waals surface area contributed by atoms with Crippen LogP contribution >= 0.6 is 11.3 Å². The summed E-state index contributed by atoms with van der Waals surface area (Å²) in [6, 6.07) is 20.3. The third-order valence-electron chi connectivity index (χ3n) is 6.66. The van der Waals surface area contributed by atoms with Crippen molar-refractivity contribution in [2.45, 2.75) is 13.0 Å². The van der Waals surface area contributed by atoms with Gasteiger partial charge in [-0.15, -0.1) is 0 Å². The number of esters is 1. The van der Waals surface area contributed by atoms with Crippen molar-refractivity contribution >= 4 is 35.0 Å². The van der Waals surface area contributed by atoms with Gasteiger partial charge < -0.3 is 19.5 Å². The average molecular weight is 570 g/mol. The number of carbonyl (C=O) groups excluding carboxylic acids is 2. The average Bonchev–Trinajstić information content (AvgIpc) is 3.30. The molecule has 0 bridgehead atoms. The molecule has 0 fully saturated rings. The lowest BCUT2D eigenvalue weighted by molar-refractivity contribution is -0.113. The van der Waals surface area contributed by atoms with E-state index in [0.29, 0.717) is 48.9 Å². The van der Waals surface area contributed by atoms with Gasteiger partial charge in [-0.25, -0.2) is 9.79 Å². The van der Waals surface area contributed by atoms with Crippen LogP contribution in [-0.4, -0.2) is 37.8 Å². The molecule has 3 aromatic carbocycles. The van der Waals surface area contributed by atoms with Gasteiger partial charge in [-0.1, -0.05) is 41.7 Å². The third kappa shape index (κ3) is 5.42. The minimum absolute atomic E-state index is 0.314. The highest BCUT2D eigenvalue weighted by molar-refractivity contribution is 7.07. The van der Waals surface area contributed by atoms with Gasteiger partial charge in [0.25, 0.3) is 11.5 Å². The van der Waals surface area contributed by atoms with Crippen LogP contribution in [0.3, 0.4) is 0 Å². The van der Waals surface area contributed by atoms with Crippen molar-refractivity contribution in [2.75, 3.05) is 26.6 Å². The smallest absolute Gasteiger partial charge is 0.337 e. The largest absolute Gasteiger partial charge is 0.497 e. The molecular formula is C31H27N3O6S. The van der Waals surface area contributed by atoms with Crippen LogP contribution in [0.15, 0.2) is 93.9 Å². The molecule has 0 saturated carbocycles. The molecule has 0 saturated heterocycles. The van der Waals surface area contributed by atoms with Crippen molar-refractivity contribution in [3.63, 3.8) is 0 Å². The molecular weight excluding hydrogens is 542 g/mol. The van der Waals surface area contributed by atoms with Gasteiger partial charge in [0.15, 0.2) is 4.80 Å². The van der Waals surface area contributed by atoms with Gasteiger partial charge in [-0.05, 0) is 55.0 Å². The third-order valence-corrected chi connectivity index (χ3v) is 7.65. The fourth-order valence-electron chi connectivity index (χ4n) is 4.65. The summed E-state index contributed by atoms with van der Waals surface area (Å²) in [6.45, 7) is 1.76. The van der Waals surface area contributed by atoms with Gasteiger partial charge in [0.1, 0.15) is 17.5 Å². The Kier molecular flexibility index (Phi) is 7.84. The maximum atomic E-state index is 14.0. The van der Waals surface area contributed by atoms with Crippen LogP contribution in [0, 0.1) is 0 Å². The van der Waals surface area contributed by atoms with E-state index in [1.807, 2.05) is 18.2 Å². The molecule has 41 heavy (non-hydrogen) atoms. The second kappa shape index (κ2) is 11.6. The normalized spacial score (nSPS) is 14.6. The van der Waals surface area contributed by atoms with Gasteiger partial charge in [0.2, 0.25) is 0 Å². The number of carbonyl (C=O) groups is 2. The van der Waals surface area contributed by atoms with Crippen LogP contribution < -0.4 is 29.7 Å². The molecule has 2 heterocycles. The van der Waals surface area contributed by atoms with Crippen molar-refractivity contribution in [1.82, 2.24) is 4.57 Å². The predicted molar refractivity (Wildman–Crippen MR) is 156 cm³/mol. The first-order valence-electron chi connectivity index (χ1n) is 12.6. The van der Waals surface area contributed by atoms with E-state index in [4.69, 9.17) is 14.2 Å². The second-order valence-electron chi connectivity index (χ2n) is 9.12. The van der Waals surface area contributed by atoms with Crippen LogP contribution in [0.2, 0.25) is 0 Å². The van der Waals surface area contributed by atoms with E-state index in [-0.39, 0.29) is 11.5 Å². The highest BCUT2D eigenvalue weighted by Crippen LogP contribution is 2.37. The Morgan fingerprint density at radius 3 is 2.37 bits per heavy atom. The number of thiazole rings is 1. The summed E-state index contributed by atoms with van der Waals surface area (Å²) in [5.74, 6) is 0.209. The number of nitrogens with one attached hydrogen (secondary N) is 1. The Labute approximate surface area is 239 Å². The van der Waals surface area contributed by atoms with Gasteiger partial charge >= 0.3 is 5.97 Å². The van der Waals surface area contributed by atoms with Gasteiger partial charge in [0, 0.05) is 17.3 Å². The molecule has 0 spiro atoms. The van der Waals surface area contributed by atoms with Crippen LogP contribution in [0.5, 0.6) is 11.5 Å². The fraction of sp³-hybridized carbons (Fsp3) is 0.161. The molecule has 1 N–H and O–H groups in total. The van der Waals surface area contributed by atoms with Crippen molar-refractivity contribution < 1.29 is 23.8 Å². The number of hydrogen-bond acceptors (Lipinski definition) is 8. The molecule has 1 aromatic heterocycles.